The molecule has 1 heterocycles. The maximum atomic E-state index is 13.3. The number of anilines is 1. The van der Waals surface area contributed by atoms with Gasteiger partial charge in [-0.15, -0.1) is 0 Å². The molecule has 2 aromatic carbocycles. The van der Waals surface area contributed by atoms with Crippen LogP contribution < -0.4 is 4.90 Å². The van der Waals surface area contributed by atoms with Crippen molar-refractivity contribution in [3.8, 4) is 0 Å². The van der Waals surface area contributed by atoms with Crippen molar-refractivity contribution in [1.82, 2.24) is 0 Å². The molecular weight excluding hydrogens is 428 g/mol. The molecule has 0 radical (unpaired) electrons. The fraction of sp³-hybridized carbons (Fsp3) is 0.100. The van der Waals surface area contributed by atoms with Crippen molar-refractivity contribution in [3.63, 3.8) is 0 Å². The van der Waals surface area contributed by atoms with Gasteiger partial charge < -0.3 is 0 Å². The van der Waals surface area contributed by atoms with Crippen LogP contribution in [0.3, 0.4) is 0 Å². The van der Waals surface area contributed by atoms with Crippen LogP contribution in [0.5, 0.6) is 0 Å². The zero-order chi connectivity index (χ0) is 21.0. The van der Waals surface area contributed by atoms with E-state index in [1.165, 1.54) is 29.2 Å². The van der Waals surface area contributed by atoms with Gasteiger partial charge in [0, 0.05) is 17.2 Å². The molecule has 1 aliphatic rings. The molecule has 0 spiro atoms. The predicted octanol–water partition coefficient (Wildman–Crippen LogP) is 6.42. The molecule has 0 atom stereocenters. The number of hydrogen-bond donors (Lipinski definition) is 0. The summed E-state index contributed by atoms with van der Waals surface area (Å²) in [6, 6.07) is 11.9. The van der Waals surface area contributed by atoms with Crippen molar-refractivity contribution in [1.29, 1.82) is 0 Å². The molecule has 2 aromatic rings. The summed E-state index contributed by atoms with van der Waals surface area (Å²) in [5.74, 6) is -2.51. The van der Waals surface area contributed by atoms with Crippen LogP contribution in [0.25, 0.3) is 6.08 Å². The number of carbonyl (C=O) groups excluding carboxylic acids is 1. The van der Waals surface area contributed by atoms with Crippen molar-refractivity contribution in [3.05, 3.63) is 82.5 Å². The summed E-state index contributed by atoms with van der Waals surface area (Å²) < 4.78 is 50.8. The van der Waals surface area contributed by atoms with Crippen LogP contribution in [0.1, 0.15) is 12.0 Å². The van der Waals surface area contributed by atoms with Gasteiger partial charge in [-0.3, -0.25) is 9.69 Å². The van der Waals surface area contributed by atoms with E-state index in [9.17, 15) is 22.4 Å². The molecule has 3 nitrogen and oxygen atoms in total. The summed E-state index contributed by atoms with van der Waals surface area (Å²) in [7, 11) is 0. The topological polar surface area (TPSA) is 32.7 Å². The maximum absolute atomic E-state index is 13.3. The lowest BCUT2D eigenvalue weighted by Gasteiger charge is -2.17. The predicted molar refractivity (Wildman–Crippen MR) is 108 cm³/mol. The molecule has 0 unspecified atom stereocenters. The zero-order valence-electron chi connectivity index (χ0n) is 14.7. The lowest BCUT2D eigenvalue weighted by atomic mass is 10.2. The van der Waals surface area contributed by atoms with Crippen LogP contribution in [0.15, 0.2) is 71.1 Å². The van der Waals surface area contributed by atoms with Gasteiger partial charge in [-0.05, 0) is 48.0 Å². The van der Waals surface area contributed by atoms with Gasteiger partial charge in [0.2, 0.25) is 0 Å². The molecule has 0 N–H and O–H groups in total. The highest BCUT2D eigenvalue weighted by Gasteiger charge is 2.32. The van der Waals surface area contributed by atoms with Gasteiger partial charge in [0.1, 0.15) is 11.5 Å². The average Bonchev–Trinajstić information content (AvgIpc) is 2.99. The number of aliphatic imine (C=N–C) groups is 1. The summed E-state index contributed by atoms with van der Waals surface area (Å²) in [5, 5.41) is 0.724. The standard InChI is InChI=1S/C20H13ClF4N2OS/c21-13-3-1-12(2-4-13)11-17-19(28)27(15-7-5-14(22)6-8-15)20(26-17)29-10-9-16(23)18(24)25/h1-8,11H,9-10H2. The monoisotopic (exact) mass is 440 g/mol. The number of amidine groups is 1. The molecule has 0 saturated carbocycles. The Morgan fingerprint density at radius 2 is 1.72 bits per heavy atom. The summed E-state index contributed by atoms with van der Waals surface area (Å²) in [6.07, 6.45) is -1.33. The summed E-state index contributed by atoms with van der Waals surface area (Å²) in [5.41, 5.74) is 1.14. The molecular formula is C20H13ClF4N2OS. The van der Waals surface area contributed by atoms with Crippen molar-refractivity contribution in [2.24, 2.45) is 4.99 Å². The van der Waals surface area contributed by atoms with E-state index in [0.717, 1.165) is 11.8 Å². The molecule has 0 aliphatic carbocycles. The zero-order valence-corrected chi connectivity index (χ0v) is 16.3. The van der Waals surface area contributed by atoms with Gasteiger partial charge in [0.25, 0.3) is 5.91 Å². The molecule has 150 valence electrons. The lowest BCUT2D eigenvalue weighted by Crippen LogP contribution is -2.30. The Kier molecular flexibility index (Phi) is 6.76. The summed E-state index contributed by atoms with van der Waals surface area (Å²) in [4.78, 5) is 18.4. The van der Waals surface area contributed by atoms with Gasteiger partial charge in [-0.2, -0.15) is 8.78 Å². The maximum Gasteiger partial charge on any atom is 0.301 e. The normalized spacial score (nSPS) is 15.1. The molecule has 1 amide bonds. The SMILES string of the molecule is O=C1C(=Cc2ccc(Cl)cc2)N=C(SCCC(F)=C(F)F)N1c1ccc(F)cc1. The Morgan fingerprint density at radius 3 is 2.34 bits per heavy atom. The van der Waals surface area contributed by atoms with Gasteiger partial charge in [0.15, 0.2) is 11.0 Å². The van der Waals surface area contributed by atoms with Crippen LogP contribution >= 0.6 is 23.4 Å². The van der Waals surface area contributed by atoms with Crippen LogP contribution in [0, 0.1) is 5.82 Å². The molecule has 9 heteroatoms. The van der Waals surface area contributed by atoms with E-state index >= 15 is 0 Å². The quantitative estimate of drug-likeness (QED) is 0.397. The highest BCUT2D eigenvalue weighted by Crippen LogP contribution is 2.30. The second-order valence-corrected chi connectivity index (χ2v) is 7.35. The first-order valence-corrected chi connectivity index (χ1v) is 9.70. The Bertz CT molecular complexity index is 1000. The molecule has 0 bridgehead atoms. The molecule has 29 heavy (non-hydrogen) atoms. The number of benzene rings is 2. The minimum Gasteiger partial charge on any atom is -0.266 e. The lowest BCUT2D eigenvalue weighted by molar-refractivity contribution is -0.113. The number of nitrogens with zero attached hydrogens (tertiary/aromatic N) is 2. The second kappa shape index (κ2) is 9.28. The molecule has 1 aliphatic heterocycles. The third-order valence-corrected chi connectivity index (χ3v) is 5.04. The Morgan fingerprint density at radius 1 is 1.07 bits per heavy atom. The van der Waals surface area contributed by atoms with E-state index in [-0.39, 0.29) is 16.6 Å². The molecule has 3 rings (SSSR count). The fourth-order valence-corrected chi connectivity index (χ4v) is 3.52. The Labute approximate surface area is 173 Å². The first-order chi connectivity index (χ1) is 13.8. The largest absolute Gasteiger partial charge is 0.301 e. The van der Waals surface area contributed by atoms with E-state index in [4.69, 9.17) is 11.6 Å². The number of rotatable bonds is 5. The van der Waals surface area contributed by atoms with Crippen LogP contribution in [0.4, 0.5) is 23.2 Å². The van der Waals surface area contributed by atoms with E-state index in [1.54, 1.807) is 30.3 Å². The van der Waals surface area contributed by atoms with Crippen molar-refractivity contribution >= 4 is 46.2 Å². The minimum atomic E-state index is -2.37. The van der Waals surface area contributed by atoms with Gasteiger partial charge in [-0.25, -0.2) is 13.8 Å². The van der Waals surface area contributed by atoms with E-state index in [2.05, 4.69) is 4.99 Å². The Balaban J connectivity index is 1.89. The first-order valence-electron chi connectivity index (χ1n) is 8.33. The first kappa shape index (κ1) is 21.1. The molecule has 0 saturated heterocycles. The van der Waals surface area contributed by atoms with E-state index < -0.39 is 30.1 Å². The third kappa shape index (κ3) is 5.27. The minimum absolute atomic E-state index is 0.0544. The van der Waals surface area contributed by atoms with Crippen molar-refractivity contribution < 1.29 is 22.4 Å². The number of thioether (sulfide) groups is 1. The fourth-order valence-electron chi connectivity index (χ4n) is 2.45. The van der Waals surface area contributed by atoms with Crippen LogP contribution in [0.2, 0.25) is 5.02 Å². The smallest absolute Gasteiger partial charge is 0.266 e. The van der Waals surface area contributed by atoms with Crippen LogP contribution in [-0.4, -0.2) is 16.8 Å². The van der Waals surface area contributed by atoms with E-state index in [0.29, 0.717) is 16.3 Å². The number of carbonyl (C=O) groups is 1. The number of hydrogen-bond acceptors (Lipinski definition) is 3. The van der Waals surface area contributed by atoms with Gasteiger partial charge >= 0.3 is 6.08 Å². The van der Waals surface area contributed by atoms with Crippen molar-refractivity contribution in [2.45, 2.75) is 6.42 Å². The third-order valence-electron chi connectivity index (χ3n) is 3.85. The Hall–Kier alpha value is -2.58. The second-order valence-electron chi connectivity index (χ2n) is 5.86. The number of allylic oxidation sites excluding steroid dienone is 1. The highest BCUT2D eigenvalue weighted by molar-refractivity contribution is 8.14. The van der Waals surface area contributed by atoms with Crippen molar-refractivity contribution in [2.75, 3.05) is 10.7 Å². The molecule has 0 aromatic heterocycles. The average molecular weight is 441 g/mol. The van der Waals surface area contributed by atoms with E-state index in [1.807, 2.05) is 0 Å². The van der Waals surface area contributed by atoms with Gasteiger partial charge in [-0.1, -0.05) is 35.5 Å². The summed E-state index contributed by atoms with van der Waals surface area (Å²) in [6.45, 7) is 0. The van der Waals surface area contributed by atoms with Crippen LogP contribution in [-0.2, 0) is 4.79 Å². The number of amides is 1. The number of halogens is 5. The highest BCUT2D eigenvalue weighted by atomic mass is 35.5. The molecule has 0 fully saturated rings. The van der Waals surface area contributed by atoms with Gasteiger partial charge in [0.05, 0.1) is 5.69 Å². The summed E-state index contributed by atoms with van der Waals surface area (Å²) >= 11 is 6.81.